The van der Waals surface area contributed by atoms with Crippen molar-refractivity contribution in [1.29, 1.82) is 0 Å². The molecule has 4 rings (SSSR count). The van der Waals surface area contributed by atoms with E-state index in [1.165, 1.54) is 46.9 Å². The summed E-state index contributed by atoms with van der Waals surface area (Å²) >= 11 is 0. The second-order valence-electron chi connectivity index (χ2n) is 22.6. The summed E-state index contributed by atoms with van der Waals surface area (Å²) in [6, 6.07) is 11.3. The van der Waals surface area contributed by atoms with E-state index in [0.717, 1.165) is 37.2 Å². The number of aryl methyl sites for hydroxylation is 1. The van der Waals surface area contributed by atoms with E-state index in [4.69, 9.17) is 18.9 Å². The third-order valence-corrected chi connectivity index (χ3v) is 14.3. The maximum atomic E-state index is 15.0. The minimum Gasteiger partial charge on any atom is -0.451 e. The highest BCUT2D eigenvalue weighted by atomic mass is 16.6. The summed E-state index contributed by atoms with van der Waals surface area (Å²) in [7, 11) is 5.58. The molecule has 0 bridgehead atoms. The largest absolute Gasteiger partial charge is 0.451 e. The normalized spacial score (nSPS) is 23.7. The van der Waals surface area contributed by atoms with Crippen molar-refractivity contribution in [2.24, 2.45) is 23.7 Å². The van der Waals surface area contributed by atoms with E-state index in [1.807, 2.05) is 105 Å². The van der Waals surface area contributed by atoms with Crippen LogP contribution < -0.4 is 0 Å². The molecule has 1 aliphatic heterocycles. The predicted molar refractivity (Wildman–Crippen MR) is 291 cm³/mol. The zero-order valence-electron chi connectivity index (χ0n) is 48.7. The number of esters is 4. The molecule has 18 nitrogen and oxygen atoms in total. The van der Waals surface area contributed by atoms with Crippen molar-refractivity contribution in [3.8, 4) is 0 Å². The first kappa shape index (κ1) is 62.9. The standard InChI is InChI=1S/C59H86N6O12/c1-34(2)27-46-56(70)74-42(13)53(67)62(15)49(30-37(7)8)59(73)77-51(32-44-23-25-45(26-24-44)33-65-40(11)38(9)39(10)60-65)55(69)64(17)47(28-35(3)4)57(71)75-41(12)52(66)61(14)48(29-36(5)6)58(72)76-50(54(68)63(46)16)31-43-21-19-18-20-22-43/h18-26,34-37,41-42,46-51H,27-33H2,1-17H3/t41-,42-,46+,47+,48+,49+,50-,51-/m1/s1. The van der Waals surface area contributed by atoms with E-state index in [1.54, 1.807) is 30.3 Å². The molecule has 0 saturated carbocycles. The summed E-state index contributed by atoms with van der Waals surface area (Å²) in [4.78, 5) is 121. The number of nitrogens with zero attached hydrogens (tertiary/aromatic N) is 6. The maximum Gasteiger partial charge on any atom is 0.329 e. The molecule has 8 atom stereocenters. The molecule has 18 heteroatoms. The van der Waals surface area contributed by atoms with Gasteiger partial charge < -0.3 is 38.5 Å². The molecule has 0 radical (unpaired) electrons. The fourth-order valence-electron chi connectivity index (χ4n) is 9.42. The number of aromatic nitrogens is 2. The van der Waals surface area contributed by atoms with E-state index in [-0.39, 0.29) is 62.2 Å². The van der Waals surface area contributed by atoms with Crippen LogP contribution in [-0.2, 0) is 76.7 Å². The van der Waals surface area contributed by atoms with Crippen LogP contribution in [0.5, 0.6) is 0 Å². The van der Waals surface area contributed by atoms with E-state index in [9.17, 15) is 38.4 Å². The van der Waals surface area contributed by atoms with Crippen LogP contribution in [0.1, 0.15) is 129 Å². The highest BCUT2D eigenvalue weighted by molar-refractivity contribution is 5.94. The Kier molecular flexibility index (Phi) is 23.0. The number of hydrogen-bond acceptors (Lipinski definition) is 13. The van der Waals surface area contributed by atoms with Crippen molar-refractivity contribution < 1.29 is 57.3 Å². The predicted octanol–water partition coefficient (Wildman–Crippen LogP) is 6.83. The summed E-state index contributed by atoms with van der Waals surface area (Å²) in [6.45, 7) is 24.0. The molecule has 1 aromatic heterocycles. The van der Waals surface area contributed by atoms with Gasteiger partial charge in [0.05, 0.1) is 12.2 Å². The van der Waals surface area contributed by atoms with Crippen molar-refractivity contribution in [3.63, 3.8) is 0 Å². The Hall–Kier alpha value is -6.59. The van der Waals surface area contributed by atoms with Crippen LogP contribution in [0.2, 0.25) is 0 Å². The molecule has 4 amide bonds. The van der Waals surface area contributed by atoms with Gasteiger partial charge in [-0.2, -0.15) is 5.10 Å². The Labute approximate surface area is 456 Å². The van der Waals surface area contributed by atoms with Gasteiger partial charge in [-0.1, -0.05) is 110 Å². The van der Waals surface area contributed by atoms with Crippen molar-refractivity contribution >= 4 is 47.5 Å². The van der Waals surface area contributed by atoms with Gasteiger partial charge in [0.1, 0.15) is 24.2 Å². The summed E-state index contributed by atoms with van der Waals surface area (Å²) in [5.41, 5.74) is 5.27. The third kappa shape index (κ3) is 17.2. The molecule has 77 heavy (non-hydrogen) atoms. The Bertz CT molecular complexity index is 2510. The van der Waals surface area contributed by atoms with Gasteiger partial charge in [-0.05, 0) is 106 Å². The lowest BCUT2D eigenvalue weighted by Gasteiger charge is -2.35. The topological polar surface area (TPSA) is 204 Å². The fourth-order valence-corrected chi connectivity index (χ4v) is 9.42. The molecule has 0 spiro atoms. The lowest BCUT2D eigenvalue weighted by atomic mass is 9.99. The van der Waals surface area contributed by atoms with Crippen LogP contribution in [0.25, 0.3) is 0 Å². The van der Waals surface area contributed by atoms with Gasteiger partial charge in [0, 0.05) is 46.7 Å². The monoisotopic (exact) mass is 1070 g/mol. The van der Waals surface area contributed by atoms with Crippen molar-refractivity contribution in [2.45, 2.75) is 184 Å². The minimum absolute atomic E-state index is 0.0883. The minimum atomic E-state index is -1.53. The summed E-state index contributed by atoms with van der Waals surface area (Å²) in [5, 5.41) is 4.66. The zero-order chi connectivity index (χ0) is 57.7. The Morgan fingerprint density at radius 2 is 0.753 bits per heavy atom. The van der Waals surface area contributed by atoms with E-state index in [0.29, 0.717) is 17.7 Å². The summed E-state index contributed by atoms with van der Waals surface area (Å²) in [5.74, 6) is -7.27. The second-order valence-corrected chi connectivity index (χ2v) is 22.6. The highest BCUT2D eigenvalue weighted by Crippen LogP contribution is 2.25. The van der Waals surface area contributed by atoms with Crippen molar-refractivity contribution in [3.05, 3.63) is 88.2 Å². The Morgan fingerprint density at radius 1 is 0.442 bits per heavy atom. The van der Waals surface area contributed by atoms with Crippen LogP contribution in [0.15, 0.2) is 54.6 Å². The number of carbonyl (C=O) groups is 8. The third-order valence-electron chi connectivity index (χ3n) is 14.3. The van der Waals surface area contributed by atoms with Gasteiger partial charge in [0.25, 0.3) is 23.6 Å². The summed E-state index contributed by atoms with van der Waals surface area (Å²) < 4.78 is 26.0. The van der Waals surface area contributed by atoms with Crippen LogP contribution in [-0.4, -0.2) is 154 Å². The van der Waals surface area contributed by atoms with Crippen molar-refractivity contribution in [1.82, 2.24) is 29.4 Å². The fraction of sp³-hybridized carbons (Fsp3) is 0.610. The number of hydrogen-bond donors (Lipinski definition) is 0. The molecular formula is C59H86N6O12. The average molecular weight is 1070 g/mol. The van der Waals surface area contributed by atoms with Crippen molar-refractivity contribution in [2.75, 3.05) is 28.2 Å². The van der Waals surface area contributed by atoms with Gasteiger partial charge in [0.15, 0.2) is 24.4 Å². The molecular weight excluding hydrogens is 985 g/mol. The SMILES string of the molecule is Cc1nn(Cc2ccc(C[C@H]3OC(=O)[C@H](CC(C)C)N(C)C(=O)[C@@H](C)OC(=O)[C@H](CC(C)C)N(C)C(=O)[C@@H](Cc4ccccc4)OC(=O)[C@H](CC(C)C)N(C)C(=O)[C@@H](C)OC(=O)[C@H](CC(C)C)N(C)C3=O)cc2)c(C)c1C. The lowest BCUT2D eigenvalue weighted by Crippen LogP contribution is -2.55. The molecule has 3 aromatic rings. The quantitative estimate of drug-likeness (QED) is 0.120. The second kappa shape index (κ2) is 28.2. The molecule has 1 fully saturated rings. The Balaban J connectivity index is 1.86. The summed E-state index contributed by atoms with van der Waals surface area (Å²) in [6.07, 6.45) is -5.77. The van der Waals surface area contributed by atoms with E-state index < -0.39 is 96.1 Å². The first-order chi connectivity index (χ1) is 36.0. The van der Waals surface area contributed by atoms with Crippen LogP contribution in [0, 0.1) is 44.4 Å². The first-order valence-corrected chi connectivity index (χ1v) is 27.0. The lowest BCUT2D eigenvalue weighted by molar-refractivity contribution is -0.176. The molecule has 1 saturated heterocycles. The molecule has 0 unspecified atom stereocenters. The van der Waals surface area contributed by atoms with Gasteiger partial charge in [-0.3, -0.25) is 23.9 Å². The molecule has 2 heterocycles. The maximum absolute atomic E-state index is 15.0. The molecule has 1 aliphatic rings. The number of benzene rings is 2. The number of rotatable bonds is 14. The van der Waals surface area contributed by atoms with Gasteiger partial charge in [-0.25, -0.2) is 19.2 Å². The number of amides is 4. The molecule has 424 valence electrons. The number of cyclic esters (lactones) is 4. The number of likely N-dealkylation sites (N-methyl/N-ethyl adjacent to an activating group) is 4. The van der Waals surface area contributed by atoms with Gasteiger partial charge in [-0.15, -0.1) is 0 Å². The average Bonchev–Trinajstić information content (AvgIpc) is 3.61. The zero-order valence-corrected chi connectivity index (χ0v) is 48.7. The van der Waals surface area contributed by atoms with Crippen LogP contribution in [0.3, 0.4) is 0 Å². The van der Waals surface area contributed by atoms with Crippen LogP contribution >= 0.6 is 0 Å². The van der Waals surface area contributed by atoms with Gasteiger partial charge in [0.2, 0.25) is 0 Å². The molecule has 0 N–H and O–H groups in total. The van der Waals surface area contributed by atoms with E-state index >= 15 is 0 Å². The van der Waals surface area contributed by atoms with E-state index in [2.05, 4.69) is 5.10 Å². The smallest absolute Gasteiger partial charge is 0.329 e. The number of carbonyl (C=O) groups excluding carboxylic acids is 8. The number of ether oxygens (including phenoxy) is 4. The van der Waals surface area contributed by atoms with Crippen LogP contribution in [0.4, 0.5) is 0 Å². The molecule has 2 aromatic carbocycles. The highest BCUT2D eigenvalue weighted by Gasteiger charge is 2.43. The van der Waals surface area contributed by atoms with Gasteiger partial charge >= 0.3 is 23.9 Å². The first-order valence-electron chi connectivity index (χ1n) is 27.0. The molecule has 0 aliphatic carbocycles. The Morgan fingerprint density at radius 3 is 1.08 bits per heavy atom.